The van der Waals surface area contributed by atoms with Gasteiger partial charge in [-0.1, -0.05) is 15.9 Å². The first kappa shape index (κ1) is 13.0. The first-order valence-electron chi connectivity index (χ1n) is 5.23. The van der Waals surface area contributed by atoms with Gasteiger partial charge in [-0.2, -0.15) is 5.10 Å². The van der Waals surface area contributed by atoms with Gasteiger partial charge < -0.3 is 5.32 Å². The van der Waals surface area contributed by atoms with Crippen LogP contribution in [0, 0.1) is 3.57 Å². The fourth-order valence-corrected chi connectivity index (χ4v) is 2.86. The van der Waals surface area contributed by atoms with Crippen LogP contribution in [0.4, 0.5) is 0 Å². The van der Waals surface area contributed by atoms with Crippen molar-refractivity contribution in [3.63, 3.8) is 0 Å². The van der Waals surface area contributed by atoms with Crippen molar-refractivity contribution in [1.29, 1.82) is 0 Å². The van der Waals surface area contributed by atoms with Crippen LogP contribution in [0.5, 0.6) is 0 Å². The van der Waals surface area contributed by atoms with Crippen molar-refractivity contribution in [2.75, 3.05) is 7.05 Å². The highest BCUT2D eigenvalue weighted by atomic mass is 127. The molecule has 1 aromatic heterocycles. The lowest BCUT2D eigenvalue weighted by Gasteiger charge is -2.18. The van der Waals surface area contributed by atoms with Gasteiger partial charge >= 0.3 is 0 Å². The lowest BCUT2D eigenvalue weighted by atomic mass is 10.0. The Kier molecular flexibility index (Phi) is 4.22. The lowest BCUT2D eigenvalue weighted by Crippen LogP contribution is -2.21. The average Bonchev–Trinajstić information content (AvgIpc) is 2.71. The number of aryl methyl sites for hydroxylation is 1. The highest BCUT2D eigenvalue weighted by Gasteiger charge is 2.17. The third-order valence-electron chi connectivity index (χ3n) is 2.71. The Morgan fingerprint density at radius 3 is 2.76 bits per heavy atom. The molecule has 0 aliphatic carbocycles. The number of aromatic nitrogens is 2. The molecule has 90 valence electrons. The van der Waals surface area contributed by atoms with E-state index < -0.39 is 0 Å². The molecule has 3 nitrogen and oxygen atoms in total. The minimum Gasteiger partial charge on any atom is -0.308 e. The summed E-state index contributed by atoms with van der Waals surface area (Å²) in [4.78, 5) is 0. The van der Waals surface area contributed by atoms with E-state index in [0.29, 0.717) is 0 Å². The van der Waals surface area contributed by atoms with Crippen molar-refractivity contribution < 1.29 is 0 Å². The second kappa shape index (κ2) is 5.49. The van der Waals surface area contributed by atoms with Crippen molar-refractivity contribution in [1.82, 2.24) is 15.1 Å². The molecular weight excluding hydrogens is 393 g/mol. The number of halogens is 2. The molecule has 0 spiro atoms. The standard InChI is InChI=1S/C12H13BrIN3/c1-15-12(11-5-6-16-17(11)2)9-7-8(14)3-4-10(9)13/h3-7,12,15H,1-2H3. The van der Waals surface area contributed by atoms with E-state index in [1.165, 1.54) is 9.13 Å². The number of benzene rings is 1. The zero-order valence-electron chi connectivity index (χ0n) is 9.61. The van der Waals surface area contributed by atoms with Crippen molar-refractivity contribution in [3.8, 4) is 0 Å². The van der Waals surface area contributed by atoms with Gasteiger partial charge in [-0.25, -0.2) is 0 Å². The Morgan fingerprint density at radius 1 is 1.41 bits per heavy atom. The molecule has 1 atom stereocenters. The Hall–Kier alpha value is -0.400. The summed E-state index contributed by atoms with van der Waals surface area (Å²) in [6.45, 7) is 0. The van der Waals surface area contributed by atoms with Crippen molar-refractivity contribution in [3.05, 3.63) is 49.8 Å². The number of nitrogens with one attached hydrogen (secondary N) is 1. The minimum atomic E-state index is 0.145. The molecule has 5 heteroatoms. The Bertz CT molecular complexity index is 524. The van der Waals surface area contributed by atoms with Crippen LogP contribution < -0.4 is 5.32 Å². The van der Waals surface area contributed by atoms with Crippen LogP contribution in [-0.4, -0.2) is 16.8 Å². The largest absolute Gasteiger partial charge is 0.308 e. The first-order chi connectivity index (χ1) is 8.13. The molecule has 2 rings (SSSR count). The Labute approximate surface area is 123 Å². The summed E-state index contributed by atoms with van der Waals surface area (Å²) in [7, 11) is 3.92. The monoisotopic (exact) mass is 405 g/mol. The summed E-state index contributed by atoms with van der Waals surface area (Å²) in [5, 5.41) is 7.56. The molecule has 0 bridgehead atoms. The topological polar surface area (TPSA) is 29.9 Å². The molecule has 17 heavy (non-hydrogen) atoms. The lowest BCUT2D eigenvalue weighted by molar-refractivity contribution is 0.604. The Balaban J connectivity index is 2.49. The zero-order valence-corrected chi connectivity index (χ0v) is 13.4. The van der Waals surface area contributed by atoms with E-state index in [4.69, 9.17) is 0 Å². The van der Waals surface area contributed by atoms with Gasteiger partial charge in [0.15, 0.2) is 0 Å². The highest BCUT2D eigenvalue weighted by molar-refractivity contribution is 14.1. The third-order valence-corrected chi connectivity index (χ3v) is 4.11. The number of hydrogen-bond acceptors (Lipinski definition) is 2. The molecule has 0 saturated heterocycles. The van der Waals surface area contributed by atoms with E-state index >= 15 is 0 Å². The molecule has 0 aliphatic rings. The van der Waals surface area contributed by atoms with Crippen LogP contribution in [0.15, 0.2) is 34.9 Å². The van der Waals surface area contributed by atoms with Crippen molar-refractivity contribution >= 4 is 38.5 Å². The Morgan fingerprint density at radius 2 is 2.18 bits per heavy atom. The summed E-state index contributed by atoms with van der Waals surface area (Å²) < 4.78 is 4.23. The van der Waals surface area contributed by atoms with Gasteiger partial charge in [0, 0.05) is 21.3 Å². The van der Waals surface area contributed by atoms with E-state index in [9.17, 15) is 0 Å². The van der Waals surface area contributed by atoms with Gasteiger partial charge in [0.2, 0.25) is 0 Å². The van der Waals surface area contributed by atoms with E-state index in [-0.39, 0.29) is 6.04 Å². The van der Waals surface area contributed by atoms with Gasteiger partial charge in [0.1, 0.15) is 0 Å². The van der Waals surface area contributed by atoms with Crippen LogP contribution in [-0.2, 0) is 7.05 Å². The van der Waals surface area contributed by atoms with Gasteiger partial charge in [-0.3, -0.25) is 4.68 Å². The SMILES string of the molecule is CNC(c1cc(I)ccc1Br)c1ccnn1C. The molecule has 1 N–H and O–H groups in total. The minimum absolute atomic E-state index is 0.145. The first-order valence-corrected chi connectivity index (χ1v) is 7.10. The molecule has 0 amide bonds. The molecule has 0 aliphatic heterocycles. The van der Waals surface area contributed by atoms with E-state index in [0.717, 1.165) is 10.2 Å². The quantitative estimate of drug-likeness (QED) is 0.795. The van der Waals surface area contributed by atoms with Crippen LogP contribution in [0.25, 0.3) is 0 Å². The summed E-state index contributed by atoms with van der Waals surface area (Å²) in [6.07, 6.45) is 1.82. The van der Waals surface area contributed by atoms with Gasteiger partial charge in [-0.05, 0) is 59.5 Å². The number of nitrogens with zero attached hydrogens (tertiary/aromatic N) is 2. The van der Waals surface area contributed by atoms with Crippen molar-refractivity contribution in [2.45, 2.75) is 6.04 Å². The summed E-state index contributed by atoms with van der Waals surface area (Å²) in [5.41, 5.74) is 2.37. The average molecular weight is 406 g/mol. The molecular formula is C12H13BrIN3. The van der Waals surface area contributed by atoms with E-state index in [2.05, 4.69) is 67.1 Å². The molecule has 0 saturated carbocycles. The maximum Gasteiger partial charge on any atom is 0.0757 e. The van der Waals surface area contributed by atoms with Crippen LogP contribution in [0.2, 0.25) is 0 Å². The smallest absolute Gasteiger partial charge is 0.0757 e. The van der Waals surface area contributed by atoms with Crippen molar-refractivity contribution in [2.24, 2.45) is 7.05 Å². The fourth-order valence-electron chi connectivity index (χ4n) is 1.87. The third kappa shape index (κ3) is 2.71. The summed E-state index contributed by atoms with van der Waals surface area (Å²) in [6, 6.07) is 8.53. The molecule has 1 aromatic carbocycles. The number of rotatable bonds is 3. The molecule has 0 fully saturated rings. The predicted molar refractivity (Wildman–Crippen MR) is 81.0 cm³/mol. The molecule has 0 radical (unpaired) electrons. The normalized spacial score (nSPS) is 12.7. The summed E-state index contributed by atoms with van der Waals surface area (Å²) in [5.74, 6) is 0. The van der Waals surface area contributed by atoms with Gasteiger partial charge in [-0.15, -0.1) is 0 Å². The fraction of sp³-hybridized carbons (Fsp3) is 0.250. The van der Waals surface area contributed by atoms with Crippen LogP contribution in [0.1, 0.15) is 17.3 Å². The number of hydrogen-bond donors (Lipinski definition) is 1. The maximum atomic E-state index is 4.22. The summed E-state index contributed by atoms with van der Waals surface area (Å²) >= 11 is 5.94. The van der Waals surface area contributed by atoms with Gasteiger partial charge in [0.05, 0.1) is 11.7 Å². The van der Waals surface area contributed by atoms with Crippen LogP contribution >= 0.6 is 38.5 Å². The van der Waals surface area contributed by atoms with E-state index in [1.807, 2.05) is 31.0 Å². The predicted octanol–water partition coefficient (Wildman–Crippen LogP) is 3.10. The maximum absolute atomic E-state index is 4.22. The second-order valence-electron chi connectivity index (χ2n) is 3.77. The molecule has 1 heterocycles. The van der Waals surface area contributed by atoms with Gasteiger partial charge in [0.25, 0.3) is 0 Å². The molecule has 1 unspecified atom stereocenters. The van der Waals surface area contributed by atoms with E-state index in [1.54, 1.807) is 0 Å². The van der Waals surface area contributed by atoms with Crippen LogP contribution in [0.3, 0.4) is 0 Å². The highest BCUT2D eigenvalue weighted by Crippen LogP contribution is 2.29. The second-order valence-corrected chi connectivity index (χ2v) is 5.87. The molecule has 2 aromatic rings. The zero-order chi connectivity index (χ0) is 12.4.